The first-order valence-electron chi connectivity index (χ1n) is 11.6. The minimum Gasteiger partial charge on any atom is -0.494 e. The summed E-state index contributed by atoms with van der Waals surface area (Å²) < 4.78 is 5.80. The Hall–Kier alpha value is -2.59. The van der Waals surface area contributed by atoms with Crippen molar-refractivity contribution >= 4 is 18.2 Å². The fourth-order valence-corrected chi connectivity index (χ4v) is 3.49. The van der Waals surface area contributed by atoms with Gasteiger partial charge in [-0.2, -0.15) is 0 Å². The molecule has 3 rings (SSSR count). The van der Waals surface area contributed by atoms with Gasteiger partial charge in [-0.1, -0.05) is 75.6 Å². The van der Waals surface area contributed by atoms with Crippen LogP contribution in [-0.2, 0) is 6.42 Å². The summed E-state index contributed by atoms with van der Waals surface area (Å²) in [7, 11) is 0. The maximum atomic E-state index is 5.80. The van der Waals surface area contributed by atoms with Crippen LogP contribution in [0.2, 0.25) is 0 Å². The largest absolute Gasteiger partial charge is 0.494 e. The van der Waals surface area contributed by atoms with Crippen molar-refractivity contribution in [1.82, 2.24) is 9.97 Å². The predicted octanol–water partition coefficient (Wildman–Crippen LogP) is 7.25. The Balaban J connectivity index is 0.00000363. The number of rotatable bonds is 12. The van der Waals surface area contributed by atoms with E-state index in [0.29, 0.717) is 0 Å². The van der Waals surface area contributed by atoms with E-state index < -0.39 is 0 Å². The molecule has 0 saturated carbocycles. The second kappa shape index (κ2) is 13.7. The Bertz CT molecular complexity index is 930. The molecule has 0 saturated heterocycles. The second-order valence-corrected chi connectivity index (χ2v) is 7.98. The lowest BCUT2D eigenvalue weighted by Gasteiger charge is -2.16. The van der Waals surface area contributed by atoms with Gasteiger partial charge >= 0.3 is 0 Å². The lowest BCUT2D eigenvalue weighted by atomic mass is 10.0. The van der Waals surface area contributed by atoms with E-state index in [1.807, 2.05) is 18.2 Å². The highest BCUT2D eigenvalue weighted by Gasteiger charge is 2.13. The minimum absolute atomic E-state index is 0. The molecule has 0 fully saturated rings. The molecule has 0 amide bonds. The van der Waals surface area contributed by atoms with E-state index in [-0.39, 0.29) is 12.4 Å². The number of ether oxygens (including phenoxy) is 1. The van der Waals surface area contributed by atoms with Gasteiger partial charge in [0.15, 0.2) is 5.82 Å². The molecule has 0 aliphatic carbocycles. The maximum Gasteiger partial charge on any atom is 0.161 e. The Morgan fingerprint density at radius 2 is 1.56 bits per heavy atom. The number of anilines is 1. The van der Waals surface area contributed by atoms with Crippen LogP contribution in [0.1, 0.15) is 62.8 Å². The molecule has 0 aliphatic heterocycles. The first-order chi connectivity index (χ1) is 15.2. The normalized spacial score (nSPS) is 10.5. The van der Waals surface area contributed by atoms with Crippen molar-refractivity contribution in [2.75, 3.05) is 18.5 Å². The molecule has 1 N–H and O–H groups in total. The van der Waals surface area contributed by atoms with Crippen molar-refractivity contribution in [3.63, 3.8) is 0 Å². The molecule has 5 heteroatoms. The summed E-state index contributed by atoms with van der Waals surface area (Å²) in [6, 6.07) is 18.6. The molecule has 2 aromatic carbocycles. The summed E-state index contributed by atoms with van der Waals surface area (Å²) in [5.41, 5.74) is 4.46. The number of hydrogen-bond donors (Lipinski definition) is 1. The van der Waals surface area contributed by atoms with Crippen molar-refractivity contribution in [2.45, 2.75) is 59.3 Å². The van der Waals surface area contributed by atoms with Gasteiger partial charge in [-0.05, 0) is 37.5 Å². The van der Waals surface area contributed by atoms with E-state index in [1.165, 1.54) is 18.4 Å². The van der Waals surface area contributed by atoms with Crippen LogP contribution in [0.15, 0.2) is 54.6 Å². The van der Waals surface area contributed by atoms with E-state index in [1.54, 1.807) is 0 Å². The van der Waals surface area contributed by atoms with Gasteiger partial charge in [0.25, 0.3) is 0 Å². The number of aryl methyl sites for hydroxylation is 1. The van der Waals surface area contributed by atoms with Crippen LogP contribution >= 0.6 is 12.4 Å². The van der Waals surface area contributed by atoms with Crippen molar-refractivity contribution in [3.05, 3.63) is 71.4 Å². The van der Waals surface area contributed by atoms with Crippen LogP contribution < -0.4 is 10.1 Å². The number of benzene rings is 2. The molecule has 1 heterocycles. The highest BCUT2D eigenvalue weighted by Crippen LogP contribution is 2.25. The van der Waals surface area contributed by atoms with Gasteiger partial charge in [-0.15, -0.1) is 12.4 Å². The predicted molar refractivity (Wildman–Crippen MR) is 137 cm³/mol. The quantitative estimate of drug-likeness (QED) is 0.293. The summed E-state index contributed by atoms with van der Waals surface area (Å²) in [6.07, 6.45) is 6.59. The maximum absolute atomic E-state index is 5.80. The molecule has 32 heavy (non-hydrogen) atoms. The monoisotopic (exact) mass is 453 g/mol. The van der Waals surface area contributed by atoms with Gasteiger partial charge in [0, 0.05) is 29.8 Å². The molecule has 3 aromatic rings. The van der Waals surface area contributed by atoms with Crippen molar-refractivity contribution in [2.24, 2.45) is 0 Å². The number of nitrogens with one attached hydrogen (secondary N) is 1. The zero-order chi connectivity index (χ0) is 21.9. The van der Waals surface area contributed by atoms with Crippen LogP contribution in [0.5, 0.6) is 5.75 Å². The van der Waals surface area contributed by atoms with Crippen LogP contribution in [0, 0.1) is 6.92 Å². The molecular formula is C27H36ClN3O. The average molecular weight is 454 g/mol. The fourth-order valence-electron chi connectivity index (χ4n) is 3.49. The molecule has 0 unspecified atom stereocenters. The first kappa shape index (κ1) is 25.7. The van der Waals surface area contributed by atoms with Crippen molar-refractivity contribution in [1.29, 1.82) is 0 Å². The minimum atomic E-state index is 0. The van der Waals surface area contributed by atoms with E-state index in [4.69, 9.17) is 14.7 Å². The fraction of sp³-hybridized carbons (Fsp3) is 0.407. The Labute approximate surface area is 199 Å². The second-order valence-electron chi connectivity index (χ2n) is 7.98. The molecule has 172 valence electrons. The third-order valence-electron chi connectivity index (χ3n) is 5.39. The third-order valence-corrected chi connectivity index (χ3v) is 5.39. The molecule has 0 aliphatic rings. The number of aromatic nitrogens is 2. The van der Waals surface area contributed by atoms with Crippen molar-refractivity contribution < 1.29 is 4.74 Å². The van der Waals surface area contributed by atoms with Gasteiger partial charge in [-0.3, -0.25) is 0 Å². The van der Waals surface area contributed by atoms with E-state index in [2.05, 4.69) is 62.5 Å². The first-order valence-corrected chi connectivity index (χ1v) is 11.6. The van der Waals surface area contributed by atoms with Gasteiger partial charge in [0.2, 0.25) is 0 Å². The van der Waals surface area contributed by atoms with E-state index in [0.717, 1.165) is 73.0 Å². The Morgan fingerprint density at radius 1 is 0.844 bits per heavy atom. The number of unbranched alkanes of at least 4 members (excludes halogenated alkanes) is 3. The Morgan fingerprint density at radius 3 is 2.25 bits per heavy atom. The standard InChI is InChI=1S/C27H35N3O.ClH/c1-4-6-11-18-28-27-25(20-22-14-16-24(17-15-22)31-19-7-5-2)21(3)29-26(30-27)23-12-9-8-10-13-23;/h8-10,12-17H,4-7,11,18-20H2,1-3H3,(H,28,29,30);1H. The van der Waals surface area contributed by atoms with Gasteiger partial charge in [0.05, 0.1) is 6.61 Å². The molecule has 1 aromatic heterocycles. The Kier molecular flexibility index (Phi) is 11.0. The summed E-state index contributed by atoms with van der Waals surface area (Å²) in [5, 5.41) is 3.59. The lowest BCUT2D eigenvalue weighted by molar-refractivity contribution is 0.309. The van der Waals surface area contributed by atoms with Gasteiger partial charge in [0.1, 0.15) is 11.6 Å². The summed E-state index contributed by atoms with van der Waals surface area (Å²) in [4.78, 5) is 9.75. The van der Waals surface area contributed by atoms with Crippen LogP contribution in [0.3, 0.4) is 0 Å². The summed E-state index contributed by atoms with van der Waals surface area (Å²) in [6.45, 7) is 8.19. The molecule has 0 atom stereocenters. The van der Waals surface area contributed by atoms with E-state index in [9.17, 15) is 0 Å². The lowest BCUT2D eigenvalue weighted by Crippen LogP contribution is -2.10. The smallest absolute Gasteiger partial charge is 0.161 e. The van der Waals surface area contributed by atoms with Crippen LogP contribution in [0.25, 0.3) is 11.4 Å². The average Bonchev–Trinajstić information content (AvgIpc) is 2.80. The molecule has 0 radical (unpaired) electrons. The third kappa shape index (κ3) is 7.52. The van der Waals surface area contributed by atoms with Crippen LogP contribution in [0.4, 0.5) is 5.82 Å². The molecule has 0 spiro atoms. The number of hydrogen-bond acceptors (Lipinski definition) is 4. The number of nitrogens with zero attached hydrogens (tertiary/aromatic N) is 2. The molecule has 4 nitrogen and oxygen atoms in total. The van der Waals surface area contributed by atoms with Gasteiger partial charge in [-0.25, -0.2) is 9.97 Å². The molecular weight excluding hydrogens is 418 g/mol. The summed E-state index contributed by atoms with van der Waals surface area (Å²) in [5.74, 6) is 2.66. The summed E-state index contributed by atoms with van der Waals surface area (Å²) >= 11 is 0. The topological polar surface area (TPSA) is 47.0 Å². The zero-order valence-electron chi connectivity index (χ0n) is 19.6. The number of halogens is 1. The zero-order valence-corrected chi connectivity index (χ0v) is 20.4. The SMILES string of the molecule is CCCCCNc1nc(-c2ccccc2)nc(C)c1Cc1ccc(OCCCC)cc1.Cl. The van der Waals surface area contributed by atoms with Crippen molar-refractivity contribution in [3.8, 4) is 17.1 Å². The van der Waals surface area contributed by atoms with E-state index >= 15 is 0 Å². The van der Waals surface area contributed by atoms with Crippen LogP contribution in [-0.4, -0.2) is 23.1 Å². The highest BCUT2D eigenvalue weighted by atomic mass is 35.5. The highest BCUT2D eigenvalue weighted by molar-refractivity contribution is 5.85. The van der Waals surface area contributed by atoms with Gasteiger partial charge < -0.3 is 10.1 Å². The molecule has 0 bridgehead atoms.